The molecule has 2 aromatic rings. The molecule has 290 valence electrons. The smallest absolute Gasteiger partial charge is 0.271 e. The third kappa shape index (κ3) is 13.3. The van der Waals surface area contributed by atoms with Gasteiger partial charge in [-0.15, -0.1) is 0 Å². The van der Waals surface area contributed by atoms with Crippen molar-refractivity contribution in [1.29, 1.82) is 10.8 Å². The highest BCUT2D eigenvalue weighted by Gasteiger charge is 2.25. The van der Waals surface area contributed by atoms with Crippen LogP contribution >= 0.6 is 23.9 Å². The molecule has 4 rings (SSSR count). The Labute approximate surface area is 317 Å². The summed E-state index contributed by atoms with van der Waals surface area (Å²) in [6.45, 7) is 14.0. The maximum atomic E-state index is 14.4. The maximum Gasteiger partial charge on any atom is 0.271 e. The van der Waals surface area contributed by atoms with Crippen LogP contribution in [0.3, 0.4) is 0 Å². The second-order valence-corrected chi connectivity index (χ2v) is 15.0. The van der Waals surface area contributed by atoms with Gasteiger partial charge in [0.1, 0.15) is 11.6 Å². The Morgan fingerprint density at radius 2 is 1.19 bits per heavy atom. The van der Waals surface area contributed by atoms with Crippen molar-refractivity contribution >= 4 is 58.5 Å². The van der Waals surface area contributed by atoms with Crippen LogP contribution < -0.4 is 20.8 Å². The van der Waals surface area contributed by atoms with Crippen molar-refractivity contribution in [2.75, 3.05) is 23.1 Å². The quantitative estimate of drug-likeness (QED) is 0.0641. The Kier molecular flexibility index (Phi) is 19.1. The minimum atomic E-state index is -0.769. The number of hydrogen-bond acceptors (Lipinski definition) is 10. The SMILES string of the molecule is CC.CSN(O)NC(=O)c1cc(C(C)=N)c(NC2CCC(C)CC2)cc1F.CSNC(=O)c1cc(C(C)=N)c(NC2CCC(C(C)C)CC2)cc1F. The van der Waals surface area contributed by atoms with Crippen LogP contribution in [0.2, 0.25) is 0 Å². The van der Waals surface area contributed by atoms with Crippen molar-refractivity contribution in [2.45, 2.75) is 112 Å². The Morgan fingerprint density at radius 3 is 1.58 bits per heavy atom. The standard InChI is InChI=1S/C19H28FN3OS.C17H25FN4O2S.C2H6/c1-11(2)13-5-7-14(8-6-13)22-18-10-17(20)16(19(24)23-25-4)9-15(18)12(3)21;1-10-4-6-12(7-5-10)20-16-9-15(18)14(8-13(16)11(2)19)17(23)21-22(24)25-3;1-2/h9-11,13-14,21-22H,5-8H2,1-4H3,(H,23,24);8-10,12,19-20,24H,4-7H2,1-3H3,(H,21,23);1-2H3. The molecule has 14 heteroatoms. The van der Waals surface area contributed by atoms with Gasteiger partial charge in [0.2, 0.25) is 0 Å². The number of hydrazine groups is 1. The zero-order chi connectivity index (χ0) is 39.1. The molecule has 0 atom stereocenters. The summed E-state index contributed by atoms with van der Waals surface area (Å²) in [6, 6.07) is 5.99. The number of benzene rings is 2. The van der Waals surface area contributed by atoms with Crippen LogP contribution in [-0.2, 0) is 0 Å². The van der Waals surface area contributed by atoms with Crippen molar-refractivity contribution in [1.82, 2.24) is 14.7 Å². The normalized spacial score (nSPS) is 19.7. The van der Waals surface area contributed by atoms with E-state index in [2.05, 4.69) is 41.6 Å². The van der Waals surface area contributed by atoms with Gasteiger partial charge in [0.25, 0.3) is 11.8 Å². The summed E-state index contributed by atoms with van der Waals surface area (Å²) in [4.78, 5) is 24.1. The summed E-state index contributed by atoms with van der Waals surface area (Å²) >= 11 is 2.00. The molecule has 2 fully saturated rings. The molecule has 2 amide bonds. The molecule has 0 spiro atoms. The molecule has 2 aliphatic rings. The van der Waals surface area contributed by atoms with E-state index >= 15 is 0 Å². The first-order valence-electron chi connectivity index (χ1n) is 18.1. The molecular formula is C38H59F2N7O3S2. The van der Waals surface area contributed by atoms with Crippen molar-refractivity contribution in [2.24, 2.45) is 17.8 Å². The fourth-order valence-corrected chi connectivity index (χ4v) is 6.94. The molecule has 0 heterocycles. The molecule has 7 N–H and O–H groups in total. The summed E-state index contributed by atoms with van der Waals surface area (Å²) in [5.74, 6) is -0.323. The molecule has 0 bridgehead atoms. The van der Waals surface area contributed by atoms with E-state index in [4.69, 9.17) is 10.8 Å². The number of halogens is 2. The highest BCUT2D eigenvalue weighted by Crippen LogP contribution is 2.33. The van der Waals surface area contributed by atoms with E-state index in [1.165, 1.54) is 37.1 Å². The van der Waals surface area contributed by atoms with E-state index in [0.717, 1.165) is 68.3 Å². The number of hydrogen-bond donors (Lipinski definition) is 7. The molecule has 52 heavy (non-hydrogen) atoms. The number of rotatable bonds is 12. The average Bonchev–Trinajstić information content (AvgIpc) is 3.10. The van der Waals surface area contributed by atoms with Gasteiger partial charge < -0.3 is 21.5 Å². The Morgan fingerprint density at radius 1 is 0.769 bits per heavy atom. The van der Waals surface area contributed by atoms with Crippen LogP contribution in [0.4, 0.5) is 20.2 Å². The predicted octanol–water partition coefficient (Wildman–Crippen LogP) is 9.69. The fraction of sp³-hybridized carbons (Fsp3) is 0.579. The lowest BCUT2D eigenvalue weighted by Crippen LogP contribution is -2.35. The zero-order valence-corrected chi connectivity index (χ0v) is 33.8. The largest absolute Gasteiger partial charge is 0.382 e. The summed E-state index contributed by atoms with van der Waals surface area (Å²) < 4.78 is 31.9. The van der Waals surface area contributed by atoms with Gasteiger partial charge in [-0.3, -0.25) is 24.9 Å². The van der Waals surface area contributed by atoms with Gasteiger partial charge in [-0.25, -0.2) is 8.78 Å². The number of nitrogens with zero attached hydrogens (tertiary/aromatic N) is 1. The van der Waals surface area contributed by atoms with E-state index in [0.29, 0.717) is 50.7 Å². The van der Waals surface area contributed by atoms with Crippen molar-refractivity contribution in [3.05, 3.63) is 58.2 Å². The molecule has 2 saturated carbocycles. The molecule has 0 saturated heterocycles. The van der Waals surface area contributed by atoms with Gasteiger partial charge in [0.05, 0.1) is 11.1 Å². The first-order valence-corrected chi connectivity index (χ1v) is 20.5. The minimum Gasteiger partial charge on any atom is -0.382 e. The van der Waals surface area contributed by atoms with Gasteiger partial charge in [-0.05, 0) is 124 Å². The molecule has 2 aliphatic carbocycles. The molecular weight excluding hydrogens is 705 g/mol. The molecule has 0 unspecified atom stereocenters. The highest BCUT2D eigenvalue weighted by atomic mass is 32.2. The van der Waals surface area contributed by atoms with Gasteiger partial charge in [-0.2, -0.15) is 0 Å². The lowest BCUT2D eigenvalue weighted by Gasteiger charge is -2.32. The first kappa shape index (κ1) is 45.0. The Hall–Kier alpha value is -3.20. The third-order valence-electron chi connectivity index (χ3n) is 9.53. The van der Waals surface area contributed by atoms with Gasteiger partial charge in [0.15, 0.2) is 0 Å². The predicted molar refractivity (Wildman–Crippen MR) is 214 cm³/mol. The van der Waals surface area contributed by atoms with E-state index < -0.39 is 23.4 Å². The summed E-state index contributed by atoms with van der Waals surface area (Å²) in [5.41, 5.74) is 4.68. The third-order valence-corrected chi connectivity index (χ3v) is 10.4. The molecule has 0 radical (unpaired) electrons. The number of anilines is 2. The fourth-order valence-electron chi connectivity index (χ4n) is 6.47. The van der Waals surface area contributed by atoms with Crippen LogP contribution in [0.15, 0.2) is 24.3 Å². The Balaban J connectivity index is 0.000000344. The van der Waals surface area contributed by atoms with Gasteiger partial charge in [-0.1, -0.05) is 46.6 Å². The molecule has 0 aliphatic heterocycles. The number of nitrogens with one attached hydrogen (secondary N) is 6. The zero-order valence-electron chi connectivity index (χ0n) is 32.1. The van der Waals surface area contributed by atoms with Crippen LogP contribution in [0.5, 0.6) is 0 Å². The highest BCUT2D eigenvalue weighted by molar-refractivity contribution is 7.97. The van der Waals surface area contributed by atoms with E-state index in [1.807, 2.05) is 13.8 Å². The summed E-state index contributed by atoms with van der Waals surface area (Å²) in [5, 5.41) is 32.0. The second kappa shape index (κ2) is 22.1. The van der Waals surface area contributed by atoms with Gasteiger partial charge >= 0.3 is 0 Å². The van der Waals surface area contributed by atoms with Crippen LogP contribution in [0.1, 0.15) is 132 Å². The number of carbonyl (C=O) groups is 2. The van der Waals surface area contributed by atoms with Crippen LogP contribution in [0, 0.1) is 40.2 Å². The van der Waals surface area contributed by atoms with Crippen molar-refractivity contribution in [3.63, 3.8) is 0 Å². The second-order valence-electron chi connectivity index (χ2n) is 13.6. The number of amides is 2. The van der Waals surface area contributed by atoms with Crippen LogP contribution in [0.25, 0.3) is 0 Å². The molecule has 0 aromatic heterocycles. The van der Waals surface area contributed by atoms with Gasteiger partial charge in [0, 0.05) is 58.5 Å². The van der Waals surface area contributed by atoms with Crippen LogP contribution in [-0.4, -0.2) is 57.6 Å². The average molecular weight is 764 g/mol. The lowest BCUT2D eigenvalue weighted by atomic mass is 9.79. The number of carbonyl (C=O) groups excluding carboxylic acids is 2. The van der Waals surface area contributed by atoms with E-state index in [9.17, 15) is 23.6 Å². The monoisotopic (exact) mass is 763 g/mol. The minimum absolute atomic E-state index is 0.0231. The van der Waals surface area contributed by atoms with Crippen molar-refractivity contribution in [3.8, 4) is 0 Å². The molecule has 2 aromatic carbocycles. The lowest BCUT2D eigenvalue weighted by molar-refractivity contribution is -0.0242. The Bertz CT molecular complexity index is 1510. The first-order chi connectivity index (χ1) is 24.6. The molecule has 10 nitrogen and oxygen atoms in total. The van der Waals surface area contributed by atoms with E-state index in [-0.39, 0.29) is 22.9 Å². The maximum absolute atomic E-state index is 14.4. The van der Waals surface area contributed by atoms with Crippen molar-refractivity contribution < 1.29 is 23.6 Å². The summed E-state index contributed by atoms with van der Waals surface area (Å²) in [6.07, 6.45) is 12.0. The summed E-state index contributed by atoms with van der Waals surface area (Å²) in [7, 11) is 0. The topological polar surface area (TPSA) is 153 Å². The van der Waals surface area contributed by atoms with E-state index in [1.54, 1.807) is 26.4 Å².